The van der Waals surface area contributed by atoms with Crippen LogP contribution in [0.15, 0.2) is 12.7 Å². The van der Waals surface area contributed by atoms with E-state index in [4.69, 9.17) is 0 Å². The van der Waals surface area contributed by atoms with E-state index in [9.17, 15) is 14.7 Å². The van der Waals surface area contributed by atoms with E-state index in [1.54, 1.807) is 0 Å². The summed E-state index contributed by atoms with van der Waals surface area (Å²) in [6, 6.07) is 0. The largest absolute Gasteiger partial charge is 0.548 e. The molecule has 11 heavy (non-hydrogen) atoms. The molecular formula is C7H10NO3-. The van der Waals surface area contributed by atoms with Crippen molar-refractivity contribution in [3.05, 3.63) is 12.7 Å². The zero-order valence-electron chi connectivity index (χ0n) is 6.51. The van der Waals surface area contributed by atoms with Crippen molar-refractivity contribution in [2.24, 2.45) is 0 Å². The number of rotatable bonds is 3. The zero-order chi connectivity index (χ0) is 9.07. The molecule has 0 spiro atoms. The Kier molecular flexibility index (Phi) is 2.80. The number of hydrogen-bond donors (Lipinski definition) is 1. The molecule has 0 fully saturated rings. The molecule has 0 heterocycles. The van der Waals surface area contributed by atoms with Crippen LogP contribution in [-0.2, 0) is 9.59 Å². The van der Waals surface area contributed by atoms with Gasteiger partial charge in [-0.25, -0.2) is 0 Å². The summed E-state index contributed by atoms with van der Waals surface area (Å²) in [6.45, 7) is 5.85. The average Bonchev–Trinajstić information content (AvgIpc) is 1.86. The minimum atomic E-state index is -1.34. The van der Waals surface area contributed by atoms with Gasteiger partial charge in [-0.05, 0) is 19.9 Å². The second-order valence-electron chi connectivity index (χ2n) is 2.61. The van der Waals surface area contributed by atoms with Crippen molar-refractivity contribution in [3.8, 4) is 0 Å². The molecule has 0 rings (SSSR count). The van der Waals surface area contributed by atoms with Crippen LogP contribution in [0.25, 0.3) is 0 Å². The first kappa shape index (κ1) is 9.68. The maximum absolute atomic E-state index is 10.6. The van der Waals surface area contributed by atoms with Gasteiger partial charge in [0.2, 0.25) is 5.91 Å². The van der Waals surface area contributed by atoms with Gasteiger partial charge < -0.3 is 15.2 Å². The van der Waals surface area contributed by atoms with Crippen LogP contribution in [0.4, 0.5) is 0 Å². The van der Waals surface area contributed by atoms with E-state index in [2.05, 4.69) is 11.9 Å². The molecule has 0 radical (unpaired) electrons. The lowest BCUT2D eigenvalue weighted by Gasteiger charge is -2.26. The lowest BCUT2D eigenvalue weighted by atomic mass is 10.1. The molecule has 0 aliphatic carbocycles. The van der Waals surface area contributed by atoms with E-state index in [1.807, 2.05) is 0 Å². The van der Waals surface area contributed by atoms with E-state index in [-0.39, 0.29) is 0 Å². The molecule has 0 atom stereocenters. The molecule has 0 aromatic carbocycles. The van der Waals surface area contributed by atoms with E-state index in [1.165, 1.54) is 13.8 Å². The monoisotopic (exact) mass is 156 g/mol. The molecule has 0 aromatic rings. The molecule has 0 saturated carbocycles. The number of amides is 1. The van der Waals surface area contributed by atoms with Gasteiger partial charge >= 0.3 is 0 Å². The predicted molar refractivity (Wildman–Crippen MR) is 37.4 cm³/mol. The number of carboxylic acid groups (broad SMARTS) is 1. The summed E-state index contributed by atoms with van der Waals surface area (Å²) in [5, 5.41) is 12.5. The lowest BCUT2D eigenvalue weighted by molar-refractivity contribution is -0.312. The summed E-state index contributed by atoms with van der Waals surface area (Å²) in [5.41, 5.74) is -1.34. The third-order valence-electron chi connectivity index (χ3n) is 1.13. The first-order valence-electron chi connectivity index (χ1n) is 3.06. The number of nitrogens with one attached hydrogen (secondary N) is 1. The van der Waals surface area contributed by atoms with Gasteiger partial charge in [0.25, 0.3) is 0 Å². The van der Waals surface area contributed by atoms with Crippen molar-refractivity contribution < 1.29 is 14.7 Å². The van der Waals surface area contributed by atoms with Gasteiger partial charge in [-0.1, -0.05) is 6.58 Å². The van der Waals surface area contributed by atoms with Crippen LogP contribution in [0.5, 0.6) is 0 Å². The van der Waals surface area contributed by atoms with Crippen LogP contribution < -0.4 is 10.4 Å². The van der Waals surface area contributed by atoms with Crippen molar-refractivity contribution in [1.82, 2.24) is 5.32 Å². The topological polar surface area (TPSA) is 69.2 Å². The van der Waals surface area contributed by atoms with Crippen molar-refractivity contribution in [2.45, 2.75) is 19.4 Å². The highest BCUT2D eigenvalue weighted by Gasteiger charge is 2.19. The number of carbonyl (C=O) groups is 2. The molecular weight excluding hydrogens is 146 g/mol. The second-order valence-corrected chi connectivity index (χ2v) is 2.61. The fraction of sp³-hybridized carbons (Fsp3) is 0.429. The van der Waals surface area contributed by atoms with Gasteiger partial charge in [0.1, 0.15) is 0 Å². The summed E-state index contributed by atoms with van der Waals surface area (Å²) in [7, 11) is 0. The first-order chi connectivity index (χ1) is 4.90. The van der Waals surface area contributed by atoms with Crippen molar-refractivity contribution in [1.29, 1.82) is 0 Å². The highest BCUT2D eigenvalue weighted by atomic mass is 16.4. The molecule has 0 aliphatic heterocycles. The Morgan fingerprint density at radius 3 is 2.27 bits per heavy atom. The summed E-state index contributed by atoms with van der Waals surface area (Å²) in [4.78, 5) is 20.9. The Bertz CT molecular complexity index is 196. The molecule has 4 nitrogen and oxygen atoms in total. The van der Waals surface area contributed by atoms with Gasteiger partial charge in [0.15, 0.2) is 0 Å². The molecule has 0 aromatic heterocycles. The minimum Gasteiger partial charge on any atom is -0.548 e. The van der Waals surface area contributed by atoms with E-state index >= 15 is 0 Å². The molecule has 0 saturated heterocycles. The van der Waals surface area contributed by atoms with Gasteiger partial charge in [-0.15, -0.1) is 0 Å². The Labute approximate surface area is 64.9 Å². The molecule has 4 heteroatoms. The van der Waals surface area contributed by atoms with Gasteiger partial charge in [0, 0.05) is 0 Å². The number of aliphatic carboxylic acids is 1. The molecule has 1 N–H and O–H groups in total. The minimum absolute atomic E-state index is 0.529. The standard InChI is InChI=1S/C7H11NO3/c1-4-5(9)8-7(2,3)6(10)11/h4H,1H2,2-3H3,(H,8,9)(H,10,11)/p-1. The SMILES string of the molecule is C=CC(=O)NC(C)(C)C(=O)[O-]. The maximum Gasteiger partial charge on any atom is 0.244 e. The molecule has 62 valence electrons. The van der Waals surface area contributed by atoms with Crippen LogP contribution in [0.3, 0.4) is 0 Å². The fourth-order valence-corrected chi connectivity index (χ4v) is 0.410. The maximum atomic E-state index is 10.6. The van der Waals surface area contributed by atoms with E-state index < -0.39 is 17.4 Å². The van der Waals surface area contributed by atoms with Crippen LogP contribution in [-0.4, -0.2) is 17.4 Å². The summed E-state index contributed by atoms with van der Waals surface area (Å²) < 4.78 is 0. The highest BCUT2D eigenvalue weighted by molar-refractivity contribution is 5.91. The molecule has 0 unspecified atom stereocenters. The third-order valence-corrected chi connectivity index (χ3v) is 1.13. The average molecular weight is 156 g/mol. The number of carboxylic acids is 1. The highest BCUT2D eigenvalue weighted by Crippen LogP contribution is 1.98. The Morgan fingerprint density at radius 1 is 1.55 bits per heavy atom. The smallest absolute Gasteiger partial charge is 0.244 e. The lowest BCUT2D eigenvalue weighted by Crippen LogP contribution is -2.55. The number of carbonyl (C=O) groups excluding carboxylic acids is 2. The van der Waals surface area contributed by atoms with Crippen LogP contribution >= 0.6 is 0 Å². The third kappa shape index (κ3) is 2.84. The summed E-state index contributed by atoms with van der Waals surface area (Å²) in [6.07, 6.45) is 1.00. The van der Waals surface area contributed by atoms with E-state index in [0.717, 1.165) is 6.08 Å². The summed E-state index contributed by atoms with van der Waals surface area (Å²) >= 11 is 0. The van der Waals surface area contributed by atoms with Crippen LogP contribution in [0.1, 0.15) is 13.8 Å². The Hall–Kier alpha value is -1.32. The molecule has 0 bridgehead atoms. The van der Waals surface area contributed by atoms with E-state index in [0.29, 0.717) is 0 Å². The quantitative estimate of drug-likeness (QED) is 0.523. The Balaban J connectivity index is 4.23. The first-order valence-corrected chi connectivity index (χ1v) is 3.06. The second kappa shape index (κ2) is 3.18. The Morgan fingerprint density at radius 2 is 2.00 bits per heavy atom. The van der Waals surface area contributed by atoms with Crippen molar-refractivity contribution in [3.63, 3.8) is 0 Å². The summed E-state index contributed by atoms with van der Waals surface area (Å²) in [5.74, 6) is -1.85. The molecule has 1 amide bonds. The van der Waals surface area contributed by atoms with Gasteiger partial charge in [0.05, 0.1) is 11.5 Å². The number of hydrogen-bond acceptors (Lipinski definition) is 3. The van der Waals surface area contributed by atoms with Gasteiger partial charge in [-0.2, -0.15) is 0 Å². The zero-order valence-corrected chi connectivity index (χ0v) is 6.51. The van der Waals surface area contributed by atoms with Crippen molar-refractivity contribution in [2.75, 3.05) is 0 Å². The van der Waals surface area contributed by atoms with Gasteiger partial charge in [-0.3, -0.25) is 4.79 Å². The fourth-order valence-electron chi connectivity index (χ4n) is 0.410. The predicted octanol–water partition coefficient (Wildman–Crippen LogP) is -1.18. The van der Waals surface area contributed by atoms with Crippen LogP contribution in [0, 0.1) is 0 Å². The normalized spacial score (nSPS) is 10.4. The molecule has 0 aliphatic rings. The van der Waals surface area contributed by atoms with Crippen LogP contribution in [0.2, 0.25) is 0 Å². The van der Waals surface area contributed by atoms with Crippen molar-refractivity contribution >= 4 is 11.9 Å².